The van der Waals surface area contributed by atoms with Gasteiger partial charge in [0.2, 0.25) is 5.90 Å². The lowest BCUT2D eigenvalue weighted by Gasteiger charge is -2.10. The average molecular weight is 416 g/mol. The molecular weight excluding hydrogens is 398 g/mol. The third-order valence-electron chi connectivity index (χ3n) is 3.83. The first-order chi connectivity index (χ1) is 13.9. The maximum Gasteiger partial charge on any atom is 0.363 e. The Kier molecular flexibility index (Phi) is 6.19. The zero-order valence-electron chi connectivity index (χ0n) is 16.0. The van der Waals surface area contributed by atoms with Crippen molar-refractivity contribution in [1.82, 2.24) is 0 Å². The van der Waals surface area contributed by atoms with Crippen LogP contribution in [0.5, 0.6) is 17.2 Å². The second-order valence-corrected chi connectivity index (χ2v) is 6.33. The number of hydrogen-bond donors (Lipinski definition) is 0. The fourth-order valence-electron chi connectivity index (χ4n) is 2.62. The normalized spacial score (nSPS) is 14.4. The molecule has 0 aromatic heterocycles. The van der Waals surface area contributed by atoms with Gasteiger partial charge in [0, 0.05) is 12.5 Å². The van der Waals surface area contributed by atoms with E-state index in [1.54, 1.807) is 30.3 Å². The fraction of sp³-hybridized carbons (Fsp3) is 0.190. The summed E-state index contributed by atoms with van der Waals surface area (Å²) < 4.78 is 21.0. The van der Waals surface area contributed by atoms with E-state index in [9.17, 15) is 9.59 Å². The number of carbonyl (C=O) groups excluding carboxylic acids is 2. The molecule has 0 atom stereocenters. The molecule has 0 spiro atoms. The van der Waals surface area contributed by atoms with Crippen molar-refractivity contribution in [3.05, 3.63) is 58.2 Å². The van der Waals surface area contributed by atoms with Crippen molar-refractivity contribution in [3.8, 4) is 17.2 Å². The molecule has 0 unspecified atom stereocenters. The van der Waals surface area contributed by atoms with Gasteiger partial charge in [0.15, 0.2) is 17.2 Å². The highest BCUT2D eigenvalue weighted by atomic mass is 35.5. The van der Waals surface area contributed by atoms with Crippen LogP contribution in [0.2, 0.25) is 5.02 Å². The molecule has 150 valence electrons. The lowest BCUT2D eigenvalue weighted by molar-refractivity contribution is -0.132. The topological polar surface area (TPSA) is 83.4 Å². The Morgan fingerprint density at radius 3 is 2.59 bits per heavy atom. The highest BCUT2D eigenvalue weighted by Crippen LogP contribution is 2.37. The molecule has 8 heteroatoms. The fourth-order valence-corrected chi connectivity index (χ4v) is 2.87. The summed E-state index contributed by atoms with van der Waals surface area (Å²) in [5.41, 5.74) is 1.28. The zero-order chi connectivity index (χ0) is 21.0. The molecule has 1 aliphatic rings. The number of ether oxygens (including phenoxy) is 4. The number of esters is 2. The quantitative estimate of drug-likeness (QED) is 0.402. The largest absolute Gasteiger partial charge is 0.494 e. The molecule has 29 heavy (non-hydrogen) atoms. The van der Waals surface area contributed by atoms with Gasteiger partial charge in [-0.25, -0.2) is 9.79 Å². The van der Waals surface area contributed by atoms with Crippen LogP contribution in [-0.4, -0.2) is 31.6 Å². The van der Waals surface area contributed by atoms with Crippen LogP contribution in [0.1, 0.15) is 25.0 Å². The summed E-state index contributed by atoms with van der Waals surface area (Å²) in [4.78, 5) is 27.7. The van der Waals surface area contributed by atoms with Gasteiger partial charge >= 0.3 is 11.9 Å². The minimum absolute atomic E-state index is 0.104. The van der Waals surface area contributed by atoms with Crippen LogP contribution in [0.4, 0.5) is 0 Å². The molecule has 2 aromatic rings. The number of aliphatic imine (C=N–C) groups is 1. The third kappa shape index (κ3) is 4.75. The van der Waals surface area contributed by atoms with Gasteiger partial charge in [0.05, 0.1) is 18.7 Å². The molecule has 0 amide bonds. The van der Waals surface area contributed by atoms with Crippen LogP contribution < -0.4 is 14.2 Å². The number of rotatable bonds is 6. The summed E-state index contributed by atoms with van der Waals surface area (Å²) in [7, 11) is 1.42. The van der Waals surface area contributed by atoms with Crippen LogP contribution in [0, 0.1) is 0 Å². The van der Waals surface area contributed by atoms with Crippen LogP contribution in [0.25, 0.3) is 6.08 Å². The molecule has 0 radical (unpaired) electrons. The van der Waals surface area contributed by atoms with Gasteiger partial charge in [-0.1, -0.05) is 11.6 Å². The number of hydrogen-bond acceptors (Lipinski definition) is 7. The maximum atomic E-state index is 12.2. The van der Waals surface area contributed by atoms with Gasteiger partial charge < -0.3 is 18.9 Å². The molecule has 0 fully saturated rings. The van der Waals surface area contributed by atoms with Gasteiger partial charge in [-0.15, -0.1) is 0 Å². The summed E-state index contributed by atoms with van der Waals surface area (Å²) in [6.07, 6.45) is 1.51. The van der Waals surface area contributed by atoms with Crippen LogP contribution in [0.15, 0.2) is 47.1 Å². The second-order valence-electron chi connectivity index (χ2n) is 5.92. The molecule has 2 aromatic carbocycles. The van der Waals surface area contributed by atoms with E-state index >= 15 is 0 Å². The molecule has 3 rings (SSSR count). The molecule has 7 nitrogen and oxygen atoms in total. The van der Waals surface area contributed by atoms with E-state index in [-0.39, 0.29) is 28.1 Å². The van der Waals surface area contributed by atoms with Crippen molar-refractivity contribution in [3.63, 3.8) is 0 Å². The zero-order valence-corrected chi connectivity index (χ0v) is 16.8. The van der Waals surface area contributed by atoms with E-state index in [4.69, 9.17) is 30.5 Å². The Morgan fingerprint density at radius 1 is 1.24 bits per heavy atom. The molecule has 0 N–H and O–H groups in total. The number of halogens is 1. The summed E-state index contributed by atoms with van der Waals surface area (Å²) in [6.45, 7) is 3.72. The molecule has 1 aliphatic heterocycles. The molecular formula is C21H18ClNO6. The monoisotopic (exact) mass is 415 g/mol. The van der Waals surface area contributed by atoms with Gasteiger partial charge in [0.1, 0.15) is 5.75 Å². The van der Waals surface area contributed by atoms with Crippen LogP contribution in [0.3, 0.4) is 0 Å². The average Bonchev–Trinajstić information content (AvgIpc) is 3.04. The van der Waals surface area contributed by atoms with Gasteiger partial charge in [0.25, 0.3) is 0 Å². The van der Waals surface area contributed by atoms with E-state index in [2.05, 4.69) is 4.99 Å². The molecule has 1 heterocycles. The van der Waals surface area contributed by atoms with E-state index in [1.807, 2.05) is 6.92 Å². The van der Waals surface area contributed by atoms with Crippen molar-refractivity contribution in [2.45, 2.75) is 13.8 Å². The van der Waals surface area contributed by atoms with E-state index in [1.165, 1.54) is 26.2 Å². The van der Waals surface area contributed by atoms with Gasteiger partial charge in [-0.05, 0) is 55.0 Å². The van der Waals surface area contributed by atoms with E-state index < -0.39 is 11.9 Å². The van der Waals surface area contributed by atoms with Crippen molar-refractivity contribution in [2.24, 2.45) is 4.99 Å². The minimum Gasteiger partial charge on any atom is -0.494 e. The van der Waals surface area contributed by atoms with Crippen LogP contribution in [-0.2, 0) is 14.3 Å². The second kappa shape index (κ2) is 8.79. The van der Waals surface area contributed by atoms with Crippen LogP contribution >= 0.6 is 11.6 Å². The van der Waals surface area contributed by atoms with Crippen molar-refractivity contribution >= 4 is 35.5 Å². The molecule has 0 saturated carbocycles. The maximum absolute atomic E-state index is 12.2. The smallest absolute Gasteiger partial charge is 0.363 e. The van der Waals surface area contributed by atoms with Crippen molar-refractivity contribution in [2.75, 3.05) is 13.7 Å². The number of methoxy groups -OCH3 is 1. The number of nitrogens with zero attached hydrogens (tertiary/aromatic N) is 1. The summed E-state index contributed by atoms with van der Waals surface area (Å²) in [5.74, 6) is 0.150. The Balaban J connectivity index is 1.90. The Labute approximate surface area is 172 Å². The molecule has 0 bridgehead atoms. The molecule has 0 aliphatic carbocycles. The predicted molar refractivity (Wildman–Crippen MR) is 108 cm³/mol. The van der Waals surface area contributed by atoms with Gasteiger partial charge in [-0.3, -0.25) is 4.79 Å². The number of benzene rings is 2. The number of carbonyl (C=O) groups is 2. The van der Waals surface area contributed by atoms with E-state index in [0.29, 0.717) is 23.5 Å². The first kappa shape index (κ1) is 20.4. The number of cyclic esters (lactones) is 1. The Hall–Kier alpha value is -3.32. The summed E-state index contributed by atoms with van der Waals surface area (Å²) in [6, 6.07) is 10.2. The summed E-state index contributed by atoms with van der Waals surface area (Å²) >= 11 is 6.19. The molecule has 0 saturated heterocycles. The lowest BCUT2D eigenvalue weighted by Crippen LogP contribution is -2.05. The summed E-state index contributed by atoms with van der Waals surface area (Å²) in [5, 5.41) is 0.161. The van der Waals surface area contributed by atoms with Gasteiger partial charge in [-0.2, -0.15) is 0 Å². The first-order valence-corrected chi connectivity index (χ1v) is 9.10. The SMILES string of the molecule is CCOc1ccc(C2=N/C(=C\c3cc(Cl)c(OC(C)=O)c(OC)c3)C(=O)O2)cc1. The third-order valence-corrected chi connectivity index (χ3v) is 4.11. The Morgan fingerprint density at radius 2 is 1.97 bits per heavy atom. The van der Waals surface area contributed by atoms with Crippen molar-refractivity contribution < 1.29 is 28.5 Å². The Bertz CT molecular complexity index is 1010. The van der Waals surface area contributed by atoms with E-state index in [0.717, 1.165) is 0 Å². The highest BCUT2D eigenvalue weighted by molar-refractivity contribution is 6.32. The van der Waals surface area contributed by atoms with Crippen molar-refractivity contribution in [1.29, 1.82) is 0 Å². The first-order valence-electron chi connectivity index (χ1n) is 8.73. The lowest BCUT2D eigenvalue weighted by atomic mass is 10.1. The highest BCUT2D eigenvalue weighted by Gasteiger charge is 2.24. The minimum atomic E-state index is -0.590. The standard InChI is InChI=1S/C21H18ClNO6/c1-4-27-15-7-5-14(6-8-15)20-23-17(21(25)29-20)10-13-9-16(22)19(28-12(2)24)18(11-13)26-3/h5-11H,4H2,1-3H3/b17-10-. The predicted octanol–water partition coefficient (Wildman–Crippen LogP) is 4.02.